The van der Waals surface area contributed by atoms with Crippen molar-refractivity contribution in [1.29, 1.82) is 0 Å². The number of nitrogens with one attached hydrogen (secondary N) is 1. The maximum atomic E-state index is 14.9. The number of ether oxygens (including phenoxy) is 1. The van der Waals surface area contributed by atoms with Crippen LogP contribution in [0, 0.1) is 28.7 Å². The van der Waals surface area contributed by atoms with E-state index in [9.17, 15) is 23.7 Å². The number of rotatable bonds is 6. The number of aromatic nitrogens is 3. The monoisotopic (exact) mass is 516 g/mol. The number of hydrogen-bond acceptors (Lipinski definition) is 8. The molecule has 0 aliphatic rings. The number of fused-ring (bicyclic) bond motifs is 1. The molecule has 3 heterocycles. The lowest BCUT2D eigenvalue weighted by Crippen LogP contribution is -2.21. The minimum absolute atomic E-state index is 0.175. The molecule has 0 amide bonds. The molecule has 0 atom stereocenters. The third-order valence-electron chi connectivity index (χ3n) is 5.71. The molecule has 0 bridgehead atoms. The average Bonchev–Trinajstić information content (AvgIpc) is 2.86. The Morgan fingerprint density at radius 3 is 2.45 bits per heavy atom. The van der Waals surface area contributed by atoms with E-state index in [1.165, 1.54) is 59.4 Å². The van der Waals surface area contributed by atoms with E-state index in [4.69, 9.17) is 10.5 Å². The van der Waals surface area contributed by atoms with E-state index in [2.05, 4.69) is 15.3 Å². The van der Waals surface area contributed by atoms with Gasteiger partial charge in [0.1, 0.15) is 11.6 Å². The van der Waals surface area contributed by atoms with Gasteiger partial charge in [-0.1, -0.05) is 0 Å². The molecular weight excluding hydrogens is 498 g/mol. The highest BCUT2D eigenvalue weighted by atomic mass is 19.1. The number of pyridine rings is 3. The first-order valence-electron chi connectivity index (χ1n) is 11.1. The van der Waals surface area contributed by atoms with Gasteiger partial charge in [-0.15, -0.1) is 0 Å². The minimum atomic E-state index is -0.834. The van der Waals surface area contributed by atoms with Gasteiger partial charge in [-0.2, -0.15) is 0 Å². The van der Waals surface area contributed by atoms with E-state index in [1.807, 2.05) is 0 Å². The van der Waals surface area contributed by atoms with Gasteiger partial charge in [0.05, 0.1) is 10.3 Å². The summed E-state index contributed by atoms with van der Waals surface area (Å²) < 4.78 is 35.2. The van der Waals surface area contributed by atoms with Crippen molar-refractivity contribution < 1.29 is 18.4 Å². The van der Waals surface area contributed by atoms with Crippen LogP contribution in [0.2, 0.25) is 0 Å². The first-order valence-corrected chi connectivity index (χ1v) is 11.1. The molecule has 2 aromatic carbocycles. The van der Waals surface area contributed by atoms with Crippen LogP contribution in [0.1, 0.15) is 5.69 Å². The highest BCUT2D eigenvalue weighted by Crippen LogP contribution is 2.36. The van der Waals surface area contributed by atoms with Gasteiger partial charge in [0.15, 0.2) is 11.6 Å². The fraction of sp³-hybridized carbons (Fsp3) is 0.0385. The van der Waals surface area contributed by atoms with E-state index in [1.54, 1.807) is 19.1 Å². The number of nitrogens with zero attached hydrogens (tertiary/aromatic N) is 4. The highest BCUT2D eigenvalue weighted by molar-refractivity contribution is 5.93. The fourth-order valence-electron chi connectivity index (χ4n) is 4.02. The van der Waals surface area contributed by atoms with Crippen LogP contribution in [0.15, 0.2) is 77.9 Å². The van der Waals surface area contributed by atoms with Crippen molar-refractivity contribution in [2.75, 3.05) is 11.1 Å². The molecule has 0 spiro atoms. The van der Waals surface area contributed by atoms with Crippen LogP contribution in [0.4, 0.5) is 31.8 Å². The molecule has 0 unspecified atom stereocenters. The smallest absolute Gasteiger partial charge is 0.353 e. The number of benzene rings is 2. The molecule has 5 aromatic rings. The largest absolute Gasteiger partial charge is 0.447 e. The van der Waals surface area contributed by atoms with E-state index in [-0.39, 0.29) is 34.2 Å². The van der Waals surface area contributed by atoms with E-state index < -0.39 is 27.8 Å². The molecule has 0 aliphatic heterocycles. The number of nitrogen functional groups attached to an aromatic ring is 1. The van der Waals surface area contributed by atoms with Crippen molar-refractivity contribution in [3.05, 3.63) is 111 Å². The summed E-state index contributed by atoms with van der Waals surface area (Å²) in [6.07, 6.45) is 2.71. The zero-order valence-corrected chi connectivity index (χ0v) is 19.7. The van der Waals surface area contributed by atoms with Gasteiger partial charge in [-0.25, -0.2) is 18.7 Å². The zero-order valence-electron chi connectivity index (χ0n) is 19.7. The summed E-state index contributed by atoms with van der Waals surface area (Å²) in [5.41, 5.74) is 5.93. The molecule has 0 fully saturated rings. The summed E-state index contributed by atoms with van der Waals surface area (Å²) in [6.45, 7) is 1.76. The average molecular weight is 516 g/mol. The van der Waals surface area contributed by atoms with Crippen LogP contribution in [0.3, 0.4) is 0 Å². The van der Waals surface area contributed by atoms with Crippen LogP contribution in [-0.2, 0) is 0 Å². The summed E-state index contributed by atoms with van der Waals surface area (Å²) in [5, 5.41) is 15.1. The van der Waals surface area contributed by atoms with Gasteiger partial charge in [0.25, 0.3) is 5.56 Å². The Morgan fingerprint density at radius 1 is 1.00 bits per heavy atom. The Labute approximate surface area is 213 Å². The van der Waals surface area contributed by atoms with Crippen molar-refractivity contribution in [2.24, 2.45) is 0 Å². The number of nitrogens with two attached hydrogens (primary N) is 1. The normalized spacial score (nSPS) is 10.9. The molecule has 0 radical (unpaired) electrons. The second kappa shape index (κ2) is 9.58. The maximum absolute atomic E-state index is 14.9. The Bertz CT molecular complexity index is 1770. The van der Waals surface area contributed by atoms with Crippen molar-refractivity contribution in [1.82, 2.24) is 14.5 Å². The van der Waals surface area contributed by atoms with Crippen LogP contribution in [0.5, 0.6) is 11.5 Å². The minimum Gasteiger partial charge on any atom is -0.447 e. The highest BCUT2D eigenvalue weighted by Gasteiger charge is 2.22. The molecule has 5 rings (SSSR count). The number of nitro groups is 1. The molecule has 12 heteroatoms. The molecule has 0 saturated carbocycles. The number of hydrogen-bond donors (Lipinski definition) is 2. The molecule has 3 N–H and O–H groups in total. The molecule has 10 nitrogen and oxygen atoms in total. The number of aryl methyl sites for hydroxylation is 1. The third-order valence-corrected chi connectivity index (χ3v) is 5.71. The standard InChI is InChI=1S/C26H18F2N6O4/c1-14-12-15-8-10-31-25(22(15)26(35)33(14)18-5-2-16(27)3-6-18)32-17-4-7-20(19(28)13-17)38-21-9-11-30-24(29)23(21)34(36)37/h2-13H,1H3,(H2,29,30)(H,31,32). The lowest BCUT2D eigenvalue weighted by molar-refractivity contribution is -0.384. The molecule has 190 valence electrons. The van der Waals surface area contributed by atoms with Crippen molar-refractivity contribution >= 4 is 33.8 Å². The summed E-state index contributed by atoms with van der Waals surface area (Å²) >= 11 is 0. The molecule has 0 saturated heterocycles. The Morgan fingerprint density at radius 2 is 1.74 bits per heavy atom. The maximum Gasteiger partial charge on any atom is 0.353 e. The van der Waals surface area contributed by atoms with Crippen LogP contribution in [0.25, 0.3) is 16.5 Å². The van der Waals surface area contributed by atoms with Crippen LogP contribution < -0.4 is 21.3 Å². The first-order chi connectivity index (χ1) is 18.2. The van der Waals surface area contributed by atoms with E-state index in [0.717, 1.165) is 6.07 Å². The summed E-state index contributed by atoms with van der Waals surface area (Å²) in [7, 11) is 0. The van der Waals surface area contributed by atoms with Crippen LogP contribution >= 0.6 is 0 Å². The summed E-state index contributed by atoms with van der Waals surface area (Å²) in [5.74, 6) is -2.01. The number of halogens is 2. The number of anilines is 3. The van der Waals surface area contributed by atoms with Gasteiger partial charge in [-0.05, 0) is 60.8 Å². The topological polar surface area (TPSA) is 138 Å². The van der Waals surface area contributed by atoms with E-state index >= 15 is 0 Å². The Hall–Kier alpha value is -5.39. The van der Waals surface area contributed by atoms with Crippen molar-refractivity contribution in [3.63, 3.8) is 0 Å². The predicted molar refractivity (Wildman–Crippen MR) is 137 cm³/mol. The SMILES string of the molecule is Cc1cc2ccnc(Nc3ccc(Oc4ccnc(N)c4[N+](=O)[O-])c(F)c3)c2c(=O)n1-c1ccc(F)cc1. The van der Waals surface area contributed by atoms with Gasteiger partial charge in [0.2, 0.25) is 11.6 Å². The van der Waals surface area contributed by atoms with E-state index in [0.29, 0.717) is 16.8 Å². The van der Waals surface area contributed by atoms with Crippen LogP contribution in [-0.4, -0.2) is 19.5 Å². The second-order valence-corrected chi connectivity index (χ2v) is 8.20. The summed E-state index contributed by atoms with van der Waals surface area (Å²) in [4.78, 5) is 32.0. The third kappa shape index (κ3) is 4.46. The first kappa shape index (κ1) is 24.3. The summed E-state index contributed by atoms with van der Waals surface area (Å²) in [6, 6.07) is 14.0. The molecule has 3 aromatic heterocycles. The van der Waals surface area contributed by atoms with Gasteiger partial charge in [-0.3, -0.25) is 19.5 Å². The van der Waals surface area contributed by atoms with Gasteiger partial charge in [0, 0.05) is 41.6 Å². The van der Waals surface area contributed by atoms with Gasteiger partial charge < -0.3 is 15.8 Å². The fourth-order valence-corrected chi connectivity index (χ4v) is 4.02. The predicted octanol–water partition coefficient (Wildman–Crippen LogP) is 5.39. The second-order valence-electron chi connectivity index (χ2n) is 8.20. The lowest BCUT2D eigenvalue weighted by atomic mass is 10.1. The van der Waals surface area contributed by atoms with Crippen molar-refractivity contribution in [3.8, 4) is 17.2 Å². The molecule has 38 heavy (non-hydrogen) atoms. The lowest BCUT2D eigenvalue weighted by Gasteiger charge is -2.15. The van der Waals surface area contributed by atoms with Crippen molar-refractivity contribution in [2.45, 2.75) is 6.92 Å². The zero-order chi connectivity index (χ0) is 27.0. The Kier molecular flexibility index (Phi) is 6.13. The molecular formula is C26H18F2N6O4. The quantitative estimate of drug-likeness (QED) is 0.226. The molecule has 0 aliphatic carbocycles. The Balaban J connectivity index is 1.51. The van der Waals surface area contributed by atoms with Gasteiger partial charge >= 0.3 is 5.69 Å².